The molecule has 11 heteroatoms. The van der Waals surface area contributed by atoms with Gasteiger partial charge >= 0.3 is 5.97 Å². The standard InChI is InChI=1S/C14H18N4O7/c1-9(19)16-12(14(20)21)4-2-3-7-15-11-6-5-10(17(22)23)8-13(11)18(24)25/h5-6,8,12,15H,2-4,7H2,1H3,(H,16,19)(H,20,21). The van der Waals surface area contributed by atoms with E-state index in [9.17, 15) is 29.8 Å². The van der Waals surface area contributed by atoms with E-state index in [0.717, 1.165) is 12.1 Å². The van der Waals surface area contributed by atoms with Crippen LogP contribution in [-0.2, 0) is 9.59 Å². The van der Waals surface area contributed by atoms with Crippen LogP contribution in [-0.4, -0.2) is 39.4 Å². The molecule has 0 saturated heterocycles. The van der Waals surface area contributed by atoms with Crippen molar-refractivity contribution in [2.75, 3.05) is 11.9 Å². The van der Waals surface area contributed by atoms with Crippen molar-refractivity contribution in [2.45, 2.75) is 32.2 Å². The van der Waals surface area contributed by atoms with E-state index in [1.807, 2.05) is 0 Å². The zero-order valence-corrected chi connectivity index (χ0v) is 13.4. The number of anilines is 1. The number of nitro groups is 2. The van der Waals surface area contributed by atoms with E-state index in [0.29, 0.717) is 19.4 Å². The van der Waals surface area contributed by atoms with Crippen LogP contribution in [0.25, 0.3) is 0 Å². The number of nitrogens with one attached hydrogen (secondary N) is 2. The third-order valence-corrected chi connectivity index (χ3v) is 3.30. The third kappa shape index (κ3) is 6.41. The number of benzene rings is 1. The number of carbonyl (C=O) groups excluding carboxylic acids is 1. The van der Waals surface area contributed by atoms with Gasteiger partial charge in [-0.05, 0) is 25.3 Å². The van der Waals surface area contributed by atoms with Gasteiger partial charge in [0.2, 0.25) is 5.91 Å². The molecule has 1 unspecified atom stereocenters. The van der Waals surface area contributed by atoms with Gasteiger partial charge in [-0.1, -0.05) is 0 Å². The fraction of sp³-hybridized carbons (Fsp3) is 0.429. The first-order valence-corrected chi connectivity index (χ1v) is 7.39. The van der Waals surface area contributed by atoms with Crippen molar-refractivity contribution in [2.24, 2.45) is 0 Å². The maximum atomic E-state index is 11.0. The Morgan fingerprint density at radius 2 is 1.88 bits per heavy atom. The van der Waals surface area contributed by atoms with Gasteiger partial charge in [0, 0.05) is 19.5 Å². The Morgan fingerprint density at radius 3 is 2.40 bits per heavy atom. The number of aliphatic carboxylic acids is 1. The van der Waals surface area contributed by atoms with E-state index in [1.165, 1.54) is 13.0 Å². The smallest absolute Gasteiger partial charge is 0.326 e. The summed E-state index contributed by atoms with van der Waals surface area (Å²) in [5, 5.41) is 35.7. The molecule has 0 heterocycles. The summed E-state index contributed by atoms with van der Waals surface area (Å²) >= 11 is 0. The minimum absolute atomic E-state index is 0.146. The van der Waals surface area contributed by atoms with Crippen LogP contribution in [0.15, 0.2) is 18.2 Å². The highest BCUT2D eigenvalue weighted by Crippen LogP contribution is 2.28. The second-order valence-corrected chi connectivity index (χ2v) is 5.23. The summed E-state index contributed by atoms with van der Waals surface area (Å²) in [6.45, 7) is 1.54. The lowest BCUT2D eigenvalue weighted by atomic mass is 10.1. The summed E-state index contributed by atoms with van der Waals surface area (Å²) in [4.78, 5) is 42.1. The number of carbonyl (C=O) groups is 2. The molecular weight excluding hydrogens is 336 g/mol. The van der Waals surface area contributed by atoms with Crippen molar-refractivity contribution in [3.05, 3.63) is 38.4 Å². The van der Waals surface area contributed by atoms with Crippen molar-refractivity contribution in [3.8, 4) is 0 Å². The molecule has 0 radical (unpaired) electrons. The largest absolute Gasteiger partial charge is 0.480 e. The molecule has 0 aliphatic rings. The van der Waals surface area contributed by atoms with Crippen LogP contribution in [0.2, 0.25) is 0 Å². The SMILES string of the molecule is CC(=O)NC(CCCCNc1ccc([N+](=O)[O-])cc1[N+](=O)[O-])C(=O)O. The van der Waals surface area contributed by atoms with Crippen molar-refractivity contribution < 1.29 is 24.5 Å². The van der Waals surface area contributed by atoms with Gasteiger partial charge in [-0.2, -0.15) is 0 Å². The molecule has 3 N–H and O–H groups in total. The zero-order chi connectivity index (χ0) is 19.0. The molecule has 0 fully saturated rings. The Kier molecular flexibility index (Phi) is 7.25. The molecule has 0 spiro atoms. The molecule has 1 amide bonds. The summed E-state index contributed by atoms with van der Waals surface area (Å²) in [5.41, 5.74) is -0.639. The number of non-ortho nitro benzene ring substituents is 1. The number of nitro benzene ring substituents is 2. The lowest BCUT2D eigenvalue weighted by Gasteiger charge is -2.13. The average molecular weight is 354 g/mol. The van der Waals surface area contributed by atoms with Gasteiger partial charge in [-0.25, -0.2) is 4.79 Å². The van der Waals surface area contributed by atoms with Gasteiger partial charge in [0.15, 0.2) is 0 Å². The van der Waals surface area contributed by atoms with Gasteiger partial charge < -0.3 is 15.7 Å². The Morgan fingerprint density at radius 1 is 1.20 bits per heavy atom. The van der Waals surface area contributed by atoms with Crippen molar-refractivity contribution >= 4 is 28.9 Å². The first-order chi connectivity index (χ1) is 11.7. The third-order valence-electron chi connectivity index (χ3n) is 3.30. The fourth-order valence-electron chi connectivity index (χ4n) is 2.13. The van der Waals surface area contributed by atoms with Crippen LogP contribution in [0.5, 0.6) is 0 Å². The zero-order valence-electron chi connectivity index (χ0n) is 13.4. The van der Waals surface area contributed by atoms with Gasteiger partial charge in [0.1, 0.15) is 11.7 Å². The Bertz CT molecular complexity index is 677. The minimum atomic E-state index is -1.13. The average Bonchev–Trinajstić information content (AvgIpc) is 2.52. The summed E-state index contributed by atoms with van der Waals surface area (Å²) in [6, 6.07) is 2.31. The van der Waals surface area contributed by atoms with E-state index < -0.39 is 33.5 Å². The first-order valence-electron chi connectivity index (χ1n) is 7.39. The molecule has 0 aliphatic carbocycles. The van der Waals surface area contributed by atoms with Crippen LogP contribution in [0.3, 0.4) is 0 Å². The van der Waals surface area contributed by atoms with E-state index in [4.69, 9.17) is 5.11 Å². The molecule has 1 aromatic rings. The first kappa shape index (κ1) is 19.8. The number of rotatable bonds is 10. The summed E-state index contributed by atoms with van der Waals surface area (Å²) < 4.78 is 0. The minimum Gasteiger partial charge on any atom is -0.480 e. The van der Waals surface area contributed by atoms with Crippen LogP contribution >= 0.6 is 0 Å². The molecular formula is C14H18N4O7. The molecule has 136 valence electrons. The number of carboxylic acid groups (broad SMARTS) is 1. The Balaban J connectivity index is 2.56. The van der Waals surface area contributed by atoms with Gasteiger partial charge in [0.25, 0.3) is 11.4 Å². The van der Waals surface area contributed by atoms with E-state index >= 15 is 0 Å². The second-order valence-electron chi connectivity index (χ2n) is 5.23. The highest BCUT2D eigenvalue weighted by atomic mass is 16.6. The summed E-state index contributed by atoms with van der Waals surface area (Å²) in [6.07, 6.45) is 1.18. The van der Waals surface area contributed by atoms with Crippen LogP contribution in [0, 0.1) is 20.2 Å². The molecule has 0 bridgehead atoms. The molecule has 25 heavy (non-hydrogen) atoms. The molecule has 11 nitrogen and oxygen atoms in total. The molecule has 1 atom stereocenters. The number of carboxylic acids is 1. The number of nitrogens with zero attached hydrogens (tertiary/aromatic N) is 2. The molecule has 1 aromatic carbocycles. The van der Waals surface area contributed by atoms with E-state index in [-0.39, 0.29) is 17.8 Å². The molecule has 0 aromatic heterocycles. The maximum absolute atomic E-state index is 11.0. The summed E-state index contributed by atoms with van der Waals surface area (Å²) in [5.74, 6) is -1.57. The molecule has 1 rings (SSSR count). The summed E-state index contributed by atoms with van der Waals surface area (Å²) in [7, 11) is 0. The lowest BCUT2D eigenvalue weighted by molar-refractivity contribution is -0.393. The Hall–Kier alpha value is -3.24. The fourth-order valence-corrected chi connectivity index (χ4v) is 2.13. The number of hydrogen-bond acceptors (Lipinski definition) is 7. The normalized spacial score (nSPS) is 11.4. The van der Waals surface area contributed by atoms with E-state index in [1.54, 1.807) is 0 Å². The second kappa shape index (κ2) is 9.15. The van der Waals surface area contributed by atoms with Gasteiger partial charge in [-0.15, -0.1) is 0 Å². The number of unbranched alkanes of at least 4 members (excludes halogenated alkanes) is 1. The quantitative estimate of drug-likeness (QED) is 0.324. The molecule has 0 aliphatic heterocycles. The maximum Gasteiger partial charge on any atom is 0.326 e. The van der Waals surface area contributed by atoms with E-state index in [2.05, 4.69) is 10.6 Å². The van der Waals surface area contributed by atoms with Crippen LogP contribution in [0.1, 0.15) is 26.2 Å². The number of hydrogen-bond donors (Lipinski definition) is 3. The lowest BCUT2D eigenvalue weighted by Crippen LogP contribution is -2.39. The Labute approximate surface area is 142 Å². The van der Waals surface area contributed by atoms with Crippen molar-refractivity contribution in [1.29, 1.82) is 0 Å². The van der Waals surface area contributed by atoms with Crippen molar-refractivity contribution in [1.82, 2.24) is 5.32 Å². The van der Waals surface area contributed by atoms with Crippen LogP contribution in [0.4, 0.5) is 17.1 Å². The van der Waals surface area contributed by atoms with Crippen LogP contribution < -0.4 is 10.6 Å². The monoisotopic (exact) mass is 354 g/mol. The van der Waals surface area contributed by atoms with Gasteiger partial charge in [0.05, 0.1) is 15.9 Å². The van der Waals surface area contributed by atoms with Crippen molar-refractivity contribution in [3.63, 3.8) is 0 Å². The number of amides is 1. The topological polar surface area (TPSA) is 165 Å². The highest BCUT2D eigenvalue weighted by Gasteiger charge is 2.20. The highest BCUT2D eigenvalue weighted by molar-refractivity contribution is 5.81. The molecule has 0 saturated carbocycles. The van der Waals surface area contributed by atoms with Gasteiger partial charge in [-0.3, -0.25) is 25.0 Å². The predicted molar refractivity (Wildman–Crippen MR) is 87.3 cm³/mol. The predicted octanol–water partition coefficient (Wildman–Crippen LogP) is 1.67.